The van der Waals surface area contributed by atoms with Crippen molar-refractivity contribution in [1.29, 1.82) is 5.26 Å². The van der Waals surface area contributed by atoms with Gasteiger partial charge in [-0.05, 0) is 66.4 Å². The average molecular weight is 512 g/mol. The van der Waals surface area contributed by atoms with Crippen LogP contribution >= 0.6 is 0 Å². The Kier molecular flexibility index (Phi) is 6.33. The summed E-state index contributed by atoms with van der Waals surface area (Å²) < 4.78 is 23.7. The van der Waals surface area contributed by atoms with Gasteiger partial charge in [0.1, 0.15) is 17.6 Å². The summed E-state index contributed by atoms with van der Waals surface area (Å²) in [7, 11) is 3.24. The van der Waals surface area contributed by atoms with Crippen LogP contribution in [0.4, 0.5) is 4.39 Å². The Morgan fingerprint density at radius 3 is 2.55 bits per heavy atom. The summed E-state index contributed by atoms with van der Waals surface area (Å²) in [6.45, 7) is 4.35. The van der Waals surface area contributed by atoms with Crippen LogP contribution in [0.2, 0.25) is 0 Å². The lowest BCUT2D eigenvalue weighted by Gasteiger charge is -2.18. The van der Waals surface area contributed by atoms with Crippen LogP contribution in [0.1, 0.15) is 40.4 Å². The zero-order valence-corrected chi connectivity index (χ0v) is 21.5. The number of hydrogen-bond donors (Lipinski definition) is 0. The number of aryl methyl sites for hydroxylation is 3. The van der Waals surface area contributed by atoms with Gasteiger partial charge in [0, 0.05) is 24.1 Å². The van der Waals surface area contributed by atoms with E-state index in [1.165, 1.54) is 35.9 Å². The first-order valence-corrected chi connectivity index (χ1v) is 12.1. The van der Waals surface area contributed by atoms with Crippen molar-refractivity contribution in [3.63, 3.8) is 0 Å². The minimum Gasteiger partial charge on any atom is -0.469 e. The molecule has 9 heteroatoms. The fraction of sp³-hybridized carbons (Fsp3) is 0.241. The lowest BCUT2D eigenvalue weighted by Crippen LogP contribution is -2.30. The Bertz CT molecular complexity index is 1810. The smallest absolute Gasteiger partial charge is 0.331 e. The number of imidazole rings is 1. The molecule has 5 aromatic rings. The van der Waals surface area contributed by atoms with Crippen molar-refractivity contribution in [3.8, 4) is 6.07 Å². The summed E-state index contributed by atoms with van der Waals surface area (Å²) in [5.41, 5.74) is 5.33. The Morgan fingerprint density at radius 2 is 1.87 bits per heavy atom. The third kappa shape index (κ3) is 4.24. The highest BCUT2D eigenvalue weighted by atomic mass is 19.1. The molecule has 0 bridgehead atoms. The van der Waals surface area contributed by atoms with Gasteiger partial charge in [-0.2, -0.15) is 5.26 Å². The number of benzene rings is 2. The van der Waals surface area contributed by atoms with Crippen molar-refractivity contribution in [1.82, 2.24) is 18.7 Å². The molecule has 3 aromatic heterocycles. The van der Waals surface area contributed by atoms with Crippen molar-refractivity contribution >= 4 is 28.0 Å². The summed E-state index contributed by atoms with van der Waals surface area (Å²) in [6.07, 6.45) is 1.84. The fourth-order valence-electron chi connectivity index (χ4n) is 5.23. The first-order chi connectivity index (χ1) is 18.2. The molecule has 38 heavy (non-hydrogen) atoms. The van der Waals surface area contributed by atoms with Crippen LogP contribution in [-0.2, 0) is 23.1 Å². The van der Waals surface area contributed by atoms with E-state index >= 15 is 0 Å². The Hall–Kier alpha value is -4.71. The molecule has 0 aliphatic rings. The number of rotatable bonds is 6. The zero-order chi connectivity index (χ0) is 27.1. The van der Waals surface area contributed by atoms with Crippen LogP contribution < -0.4 is 5.69 Å². The van der Waals surface area contributed by atoms with Crippen LogP contribution in [0.5, 0.6) is 0 Å². The summed E-state index contributed by atoms with van der Waals surface area (Å²) in [5.74, 6) is -0.976. The topological polar surface area (TPSA) is 94.8 Å². The molecular weight excluding hydrogens is 485 g/mol. The highest BCUT2D eigenvalue weighted by Gasteiger charge is 2.27. The van der Waals surface area contributed by atoms with Gasteiger partial charge < -0.3 is 9.30 Å². The highest BCUT2D eigenvalue weighted by Crippen LogP contribution is 2.29. The van der Waals surface area contributed by atoms with Crippen LogP contribution in [0.15, 0.2) is 59.5 Å². The van der Waals surface area contributed by atoms with Crippen LogP contribution in [0.3, 0.4) is 0 Å². The molecule has 5 rings (SSSR count). The molecule has 8 nitrogen and oxygen atoms in total. The molecule has 3 heterocycles. The Morgan fingerprint density at radius 1 is 1.13 bits per heavy atom. The predicted molar refractivity (Wildman–Crippen MR) is 141 cm³/mol. The lowest BCUT2D eigenvalue weighted by molar-refractivity contribution is -0.141. The van der Waals surface area contributed by atoms with Crippen molar-refractivity contribution in [3.05, 3.63) is 99.0 Å². The molecule has 192 valence electrons. The van der Waals surface area contributed by atoms with Crippen molar-refractivity contribution < 1.29 is 13.9 Å². The maximum Gasteiger partial charge on any atom is 0.331 e. The second kappa shape index (κ2) is 9.63. The maximum absolute atomic E-state index is 14.1. The van der Waals surface area contributed by atoms with Gasteiger partial charge in [0.25, 0.3) is 0 Å². The number of carbonyl (C=O) groups excluding carboxylic acids is 1. The van der Waals surface area contributed by atoms with Gasteiger partial charge in [0.15, 0.2) is 5.65 Å². The van der Waals surface area contributed by atoms with Crippen LogP contribution in [-0.4, -0.2) is 31.8 Å². The molecule has 0 saturated heterocycles. The van der Waals surface area contributed by atoms with Gasteiger partial charge >= 0.3 is 11.7 Å². The molecule has 0 unspecified atom stereocenters. The van der Waals surface area contributed by atoms with E-state index in [0.29, 0.717) is 11.1 Å². The number of pyridine rings is 1. The standard InChI is InChI=1S/C29H26FN5O3/c1-17-11-18(2)27-20(15-33(3)25(27)12-17)16-34-23-10-9-22(14-31)32-28(23)35(29(34)37)24(13-26(36)38-4)19-5-7-21(30)8-6-19/h5-12,15,24H,13,16H2,1-4H3/t24-/m1/s1. The first kappa shape index (κ1) is 25.0. The van der Waals surface area contributed by atoms with Gasteiger partial charge in [-0.3, -0.25) is 13.9 Å². The highest BCUT2D eigenvalue weighted by molar-refractivity contribution is 5.88. The second-order valence-electron chi connectivity index (χ2n) is 9.48. The van der Waals surface area contributed by atoms with Gasteiger partial charge in [-0.15, -0.1) is 0 Å². The Labute approximate surface area is 218 Å². The van der Waals surface area contributed by atoms with E-state index in [-0.39, 0.29) is 24.3 Å². The van der Waals surface area contributed by atoms with E-state index in [4.69, 9.17) is 4.74 Å². The third-order valence-electron chi connectivity index (χ3n) is 6.92. The van der Waals surface area contributed by atoms with Crippen molar-refractivity contribution in [2.75, 3.05) is 7.11 Å². The van der Waals surface area contributed by atoms with Crippen molar-refractivity contribution in [2.24, 2.45) is 7.05 Å². The van der Waals surface area contributed by atoms with Crippen LogP contribution in [0, 0.1) is 31.0 Å². The monoisotopic (exact) mass is 511 g/mol. The van der Waals surface area contributed by atoms with Gasteiger partial charge in [0.05, 0.1) is 31.6 Å². The number of fused-ring (bicyclic) bond motifs is 2. The molecule has 0 aliphatic carbocycles. The summed E-state index contributed by atoms with van der Waals surface area (Å²) >= 11 is 0. The second-order valence-corrected chi connectivity index (χ2v) is 9.48. The molecule has 0 spiro atoms. The van der Waals surface area contributed by atoms with E-state index in [9.17, 15) is 19.2 Å². The number of methoxy groups -OCH3 is 1. The van der Waals surface area contributed by atoms with Gasteiger partial charge in [-0.1, -0.05) is 18.2 Å². The number of halogens is 1. The molecule has 0 amide bonds. The van der Waals surface area contributed by atoms with E-state index < -0.39 is 23.5 Å². The molecule has 0 radical (unpaired) electrons. The van der Waals surface area contributed by atoms with E-state index in [0.717, 1.165) is 27.6 Å². The molecular formula is C29H26FN5O3. The summed E-state index contributed by atoms with van der Waals surface area (Å²) in [4.78, 5) is 31.0. The average Bonchev–Trinajstić information content (AvgIpc) is 3.35. The van der Waals surface area contributed by atoms with E-state index in [1.54, 1.807) is 16.7 Å². The largest absolute Gasteiger partial charge is 0.469 e. The number of carbonyl (C=O) groups is 1. The molecule has 0 fully saturated rings. The lowest BCUT2D eigenvalue weighted by atomic mass is 10.0. The molecule has 0 aliphatic heterocycles. The SMILES string of the molecule is COC(=O)C[C@H](c1ccc(F)cc1)n1c(=O)n(Cc2cn(C)c3cc(C)cc(C)c23)c2ccc(C#N)nc21. The van der Waals surface area contributed by atoms with E-state index in [2.05, 4.69) is 17.1 Å². The number of hydrogen-bond acceptors (Lipinski definition) is 5. The quantitative estimate of drug-likeness (QED) is 0.313. The number of aromatic nitrogens is 4. The minimum atomic E-state index is -0.822. The minimum absolute atomic E-state index is 0.135. The van der Waals surface area contributed by atoms with Gasteiger partial charge in [0.2, 0.25) is 0 Å². The van der Waals surface area contributed by atoms with Crippen molar-refractivity contribution in [2.45, 2.75) is 32.9 Å². The summed E-state index contributed by atoms with van der Waals surface area (Å²) in [5, 5.41) is 10.6. The normalized spacial score (nSPS) is 12.1. The maximum atomic E-state index is 14.1. The first-order valence-electron chi connectivity index (χ1n) is 12.1. The van der Waals surface area contributed by atoms with E-state index in [1.807, 2.05) is 37.7 Å². The summed E-state index contributed by atoms with van der Waals surface area (Å²) in [6, 6.07) is 14.3. The number of ether oxygens (including phenoxy) is 1. The molecule has 0 N–H and O–H groups in total. The zero-order valence-electron chi connectivity index (χ0n) is 21.5. The third-order valence-corrected chi connectivity index (χ3v) is 6.92. The molecule has 0 saturated carbocycles. The molecule has 1 atom stereocenters. The predicted octanol–water partition coefficient (Wildman–Crippen LogP) is 4.52. The van der Waals surface area contributed by atoms with Crippen LogP contribution in [0.25, 0.3) is 22.1 Å². The number of esters is 1. The number of nitrogens with zero attached hydrogens (tertiary/aromatic N) is 5. The number of nitriles is 1. The van der Waals surface area contributed by atoms with Gasteiger partial charge in [-0.25, -0.2) is 14.2 Å². The Balaban J connectivity index is 1.76. The fourth-order valence-corrected chi connectivity index (χ4v) is 5.23. The molecule has 2 aromatic carbocycles.